The molecule has 1 amide bonds. The van der Waals surface area contributed by atoms with Gasteiger partial charge in [0.1, 0.15) is 4.83 Å². The van der Waals surface area contributed by atoms with E-state index >= 15 is 0 Å². The Morgan fingerprint density at radius 3 is 2.50 bits per heavy atom. The Hall–Kier alpha value is -3.12. The monoisotopic (exact) mass is 390 g/mol. The molecular weight excluding hydrogens is 368 g/mol. The Kier molecular flexibility index (Phi) is 5.39. The average molecular weight is 391 g/mol. The van der Waals surface area contributed by atoms with E-state index in [2.05, 4.69) is 15.7 Å². The van der Waals surface area contributed by atoms with E-state index in [1.807, 2.05) is 78.3 Å². The van der Waals surface area contributed by atoms with Crippen molar-refractivity contribution < 1.29 is 4.79 Å². The Morgan fingerprint density at radius 1 is 1.04 bits per heavy atom. The van der Waals surface area contributed by atoms with Crippen LogP contribution in [0.25, 0.3) is 15.9 Å². The fraction of sp³-hybridized carbons (Fsp3) is 0.182. The van der Waals surface area contributed by atoms with Crippen LogP contribution < -0.4 is 10.6 Å². The Bertz CT molecular complexity index is 1070. The summed E-state index contributed by atoms with van der Waals surface area (Å²) in [4.78, 5) is 14.3. The lowest BCUT2D eigenvalue weighted by Gasteiger charge is -2.07. The van der Waals surface area contributed by atoms with Gasteiger partial charge in [-0.1, -0.05) is 36.4 Å². The molecule has 5 nitrogen and oxygen atoms in total. The quantitative estimate of drug-likeness (QED) is 0.453. The van der Waals surface area contributed by atoms with Crippen molar-refractivity contribution in [2.45, 2.75) is 13.3 Å². The number of anilines is 1. The van der Waals surface area contributed by atoms with E-state index in [4.69, 9.17) is 0 Å². The van der Waals surface area contributed by atoms with Gasteiger partial charge in [-0.15, -0.1) is 11.3 Å². The molecule has 0 aliphatic carbocycles. The van der Waals surface area contributed by atoms with Gasteiger partial charge in [0.15, 0.2) is 0 Å². The number of benzene rings is 2. The maximum absolute atomic E-state index is 12.6. The fourth-order valence-corrected chi connectivity index (χ4v) is 4.17. The lowest BCUT2D eigenvalue weighted by molar-refractivity contribution is 0.0957. The molecule has 4 rings (SSSR count). The molecule has 2 aromatic carbocycles. The Morgan fingerprint density at radius 2 is 1.75 bits per heavy atom. The number of thiophene rings is 1. The number of hydrogen-bond donors (Lipinski definition) is 2. The molecule has 2 heterocycles. The summed E-state index contributed by atoms with van der Waals surface area (Å²) in [5.41, 5.74) is 3.03. The van der Waals surface area contributed by atoms with E-state index in [0.717, 1.165) is 45.1 Å². The minimum absolute atomic E-state index is 0.0278. The molecule has 0 aliphatic heterocycles. The van der Waals surface area contributed by atoms with Crippen molar-refractivity contribution in [1.82, 2.24) is 15.1 Å². The number of hydrogen-bond acceptors (Lipinski definition) is 4. The molecule has 0 atom stereocenters. The molecular formula is C22H22N4OS. The molecule has 0 bridgehead atoms. The lowest BCUT2D eigenvalue weighted by atomic mass is 10.3. The first-order valence-electron chi connectivity index (χ1n) is 9.34. The molecule has 2 N–H and O–H groups in total. The highest BCUT2D eigenvalue weighted by Gasteiger charge is 2.16. The van der Waals surface area contributed by atoms with Crippen molar-refractivity contribution >= 4 is 33.1 Å². The second-order valence-electron chi connectivity index (χ2n) is 6.56. The number of nitrogens with zero attached hydrogens (tertiary/aromatic N) is 2. The second-order valence-corrected chi connectivity index (χ2v) is 7.60. The van der Waals surface area contributed by atoms with Crippen LogP contribution in [-0.2, 0) is 0 Å². The number of fused-ring (bicyclic) bond motifs is 1. The summed E-state index contributed by atoms with van der Waals surface area (Å²) >= 11 is 1.48. The molecule has 4 aromatic rings. The van der Waals surface area contributed by atoms with Crippen LogP contribution in [0.15, 0.2) is 66.7 Å². The van der Waals surface area contributed by atoms with Gasteiger partial charge in [0.05, 0.1) is 16.3 Å². The third kappa shape index (κ3) is 3.92. The van der Waals surface area contributed by atoms with Crippen molar-refractivity contribution in [1.29, 1.82) is 0 Å². The smallest absolute Gasteiger partial charge is 0.261 e. The largest absolute Gasteiger partial charge is 0.385 e. The average Bonchev–Trinajstić information content (AvgIpc) is 3.30. The second kappa shape index (κ2) is 8.27. The van der Waals surface area contributed by atoms with E-state index in [-0.39, 0.29) is 5.91 Å². The SMILES string of the molecule is Cc1nn(-c2ccccc2)c2sc(C(=O)NCCCNc3ccccc3)cc12. The van der Waals surface area contributed by atoms with Crippen LogP contribution in [-0.4, -0.2) is 28.8 Å². The molecule has 0 fully saturated rings. The molecule has 28 heavy (non-hydrogen) atoms. The van der Waals surface area contributed by atoms with Crippen LogP contribution in [0.2, 0.25) is 0 Å². The predicted octanol–water partition coefficient (Wildman–Crippen LogP) is 4.63. The number of rotatable bonds is 7. The van der Waals surface area contributed by atoms with Gasteiger partial charge in [-0.3, -0.25) is 4.79 Å². The van der Waals surface area contributed by atoms with Crippen molar-refractivity contribution in [3.63, 3.8) is 0 Å². The van der Waals surface area contributed by atoms with E-state index in [1.165, 1.54) is 11.3 Å². The number of aryl methyl sites for hydroxylation is 1. The van der Waals surface area contributed by atoms with E-state index in [0.29, 0.717) is 6.54 Å². The van der Waals surface area contributed by atoms with Gasteiger partial charge in [-0.25, -0.2) is 4.68 Å². The minimum Gasteiger partial charge on any atom is -0.385 e. The molecule has 6 heteroatoms. The first-order chi connectivity index (χ1) is 13.7. The number of carbonyl (C=O) groups excluding carboxylic acids is 1. The van der Waals surface area contributed by atoms with Crippen LogP contribution in [0.3, 0.4) is 0 Å². The van der Waals surface area contributed by atoms with Gasteiger partial charge >= 0.3 is 0 Å². The predicted molar refractivity (Wildman–Crippen MR) is 116 cm³/mol. The van der Waals surface area contributed by atoms with Gasteiger partial charge in [0.2, 0.25) is 0 Å². The van der Waals surface area contributed by atoms with Crippen molar-refractivity contribution in [3.8, 4) is 5.69 Å². The molecule has 2 aromatic heterocycles. The Balaban J connectivity index is 1.38. The summed E-state index contributed by atoms with van der Waals surface area (Å²) < 4.78 is 1.91. The molecule has 0 spiro atoms. The van der Waals surface area contributed by atoms with Crippen LogP contribution >= 0.6 is 11.3 Å². The summed E-state index contributed by atoms with van der Waals surface area (Å²) in [6.45, 7) is 3.43. The molecule has 0 saturated heterocycles. The Labute approximate surface area is 168 Å². The van der Waals surface area contributed by atoms with Crippen molar-refractivity contribution in [2.24, 2.45) is 0 Å². The lowest BCUT2D eigenvalue weighted by Crippen LogP contribution is -2.25. The first kappa shape index (κ1) is 18.3. The number of nitrogens with one attached hydrogen (secondary N) is 2. The summed E-state index contributed by atoms with van der Waals surface area (Å²) in [6, 6.07) is 22.0. The standard InChI is InChI=1S/C22H22N4OS/c1-16-19-15-20(28-22(19)26(25-16)18-11-6-3-7-12-18)21(27)24-14-8-13-23-17-9-4-2-5-10-17/h2-7,9-12,15,23H,8,13-14H2,1H3,(H,24,27). The van der Waals surface area contributed by atoms with Crippen LogP contribution in [0.4, 0.5) is 5.69 Å². The van der Waals surface area contributed by atoms with Crippen LogP contribution in [0.5, 0.6) is 0 Å². The van der Waals surface area contributed by atoms with E-state index < -0.39 is 0 Å². The number of para-hydroxylation sites is 2. The topological polar surface area (TPSA) is 59.0 Å². The number of aromatic nitrogens is 2. The third-order valence-electron chi connectivity index (χ3n) is 4.51. The van der Waals surface area contributed by atoms with Gasteiger partial charge in [-0.05, 0) is 43.7 Å². The fourth-order valence-electron chi connectivity index (χ4n) is 3.07. The molecule has 0 radical (unpaired) electrons. The zero-order valence-electron chi connectivity index (χ0n) is 15.7. The highest BCUT2D eigenvalue weighted by Crippen LogP contribution is 2.30. The summed E-state index contributed by atoms with van der Waals surface area (Å²) in [5.74, 6) is -0.0278. The van der Waals surface area contributed by atoms with Crippen molar-refractivity contribution in [3.05, 3.63) is 77.3 Å². The summed E-state index contributed by atoms with van der Waals surface area (Å²) in [6.07, 6.45) is 0.863. The van der Waals surface area contributed by atoms with Gasteiger partial charge < -0.3 is 10.6 Å². The summed E-state index contributed by atoms with van der Waals surface area (Å²) in [7, 11) is 0. The molecule has 0 aliphatic rings. The highest BCUT2D eigenvalue weighted by atomic mass is 32.1. The van der Waals surface area contributed by atoms with Crippen molar-refractivity contribution in [2.75, 3.05) is 18.4 Å². The van der Waals surface area contributed by atoms with Crippen LogP contribution in [0, 0.1) is 6.92 Å². The normalized spacial score (nSPS) is 10.9. The maximum Gasteiger partial charge on any atom is 0.261 e. The van der Waals surface area contributed by atoms with E-state index in [9.17, 15) is 4.79 Å². The number of carbonyl (C=O) groups is 1. The molecule has 142 valence electrons. The van der Waals surface area contributed by atoms with Gasteiger partial charge in [-0.2, -0.15) is 5.10 Å². The van der Waals surface area contributed by atoms with Gasteiger partial charge in [0.25, 0.3) is 5.91 Å². The summed E-state index contributed by atoms with van der Waals surface area (Å²) in [5, 5.41) is 12.0. The van der Waals surface area contributed by atoms with Crippen LogP contribution in [0.1, 0.15) is 21.8 Å². The maximum atomic E-state index is 12.6. The minimum atomic E-state index is -0.0278. The molecule has 0 saturated carbocycles. The highest BCUT2D eigenvalue weighted by molar-refractivity contribution is 7.20. The molecule has 0 unspecified atom stereocenters. The zero-order chi connectivity index (χ0) is 19.3. The zero-order valence-corrected chi connectivity index (χ0v) is 16.5. The first-order valence-corrected chi connectivity index (χ1v) is 10.2. The van der Waals surface area contributed by atoms with E-state index in [1.54, 1.807) is 0 Å². The van der Waals surface area contributed by atoms with Gasteiger partial charge in [0, 0.05) is 24.2 Å². The number of amides is 1. The third-order valence-corrected chi connectivity index (χ3v) is 5.62.